The lowest BCUT2D eigenvalue weighted by Crippen LogP contribution is -2.46. The van der Waals surface area contributed by atoms with E-state index in [1.54, 1.807) is 32.2 Å². The zero-order valence-electron chi connectivity index (χ0n) is 26.5. The summed E-state index contributed by atoms with van der Waals surface area (Å²) in [6.45, 7) is 3.32. The summed E-state index contributed by atoms with van der Waals surface area (Å²) in [6, 6.07) is 17.6. The average molecular weight is 667 g/mol. The van der Waals surface area contributed by atoms with Crippen LogP contribution in [0.25, 0.3) is 0 Å². The molecule has 4 N–H and O–H groups in total. The minimum Gasteiger partial charge on any atom is -0.393 e. The molecule has 4 atom stereocenters. The van der Waals surface area contributed by atoms with Crippen LogP contribution in [0.15, 0.2) is 79.0 Å². The fourth-order valence-corrected chi connectivity index (χ4v) is 5.40. The number of hydrogen-bond donors (Lipinski definition) is 4. The number of carbonyl (C=O) groups excluding carboxylic acids is 2. The molecule has 4 aromatic rings. The van der Waals surface area contributed by atoms with E-state index in [2.05, 4.69) is 20.9 Å². The molecule has 0 bridgehead atoms. The molecule has 1 unspecified atom stereocenters. The Morgan fingerprint density at radius 1 is 0.936 bits per heavy atom. The number of halogens is 1. The Labute approximate surface area is 273 Å². The Bertz CT molecular complexity index is 1780. The van der Waals surface area contributed by atoms with Gasteiger partial charge in [-0.2, -0.15) is 0 Å². The van der Waals surface area contributed by atoms with Crippen molar-refractivity contribution in [2.45, 2.75) is 57.5 Å². The molecule has 0 radical (unpaired) electrons. The molecule has 250 valence electrons. The van der Waals surface area contributed by atoms with Gasteiger partial charge in [0.1, 0.15) is 5.82 Å². The van der Waals surface area contributed by atoms with Gasteiger partial charge in [-0.25, -0.2) is 17.5 Å². The molecule has 4 rings (SSSR count). The number of hydrogen-bond acceptors (Lipinski definition) is 8. The minimum atomic E-state index is -3.77. The van der Waals surface area contributed by atoms with Crippen LogP contribution in [0.2, 0.25) is 0 Å². The average Bonchev–Trinajstić information content (AvgIpc) is 3.45. The first-order valence-electron chi connectivity index (χ1n) is 14.9. The zero-order chi connectivity index (χ0) is 34.3. The molecule has 12 nitrogen and oxygen atoms in total. The van der Waals surface area contributed by atoms with E-state index in [-0.39, 0.29) is 36.2 Å². The summed E-state index contributed by atoms with van der Waals surface area (Å²) in [6.07, 6.45) is 1.39. The quantitative estimate of drug-likeness (QED) is 0.159. The van der Waals surface area contributed by atoms with Crippen molar-refractivity contribution in [3.05, 3.63) is 113 Å². The molecule has 47 heavy (non-hydrogen) atoms. The Morgan fingerprint density at radius 2 is 1.55 bits per heavy atom. The van der Waals surface area contributed by atoms with Gasteiger partial charge in [0.05, 0.1) is 48.5 Å². The van der Waals surface area contributed by atoms with E-state index >= 15 is 0 Å². The number of aliphatic hydroxyl groups is 2. The number of benzene rings is 3. The van der Waals surface area contributed by atoms with Crippen molar-refractivity contribution in [3.63, 3.8) is 0 Å². The second-order valence-corrected chi connectivity index (χ2v) is 13.6. The highest BCUT2D eigenvalue weighted by molar-refractivity contribution is 7.92. The van der Waals surface area contributed by atoms with Crippen LogP contribution in [0.4, 0.5) is 10.1 Å². The van der Waals surface area contributed by atoms with Crippen LogP contribution in [-0.4, -0.2) is 77.0 Å². The van der Waals surface area contributed by atoms with E-state index in [1.807, 2.05) is 30.3 Å². The molecule has 3 aromatic carbocycles. The number of amides is 2. The first kappa shape index (κ1) is 35.2. The van der Waals surface area contributed by atoms with Crippen LogP contribution >= 0.6 is 0 Å². The number of nitrogens with zero attached hydrogens (tertiary/aromatic N) is 4. The maximum absolute atomic E-state index is 13.8. The van der Waals surface area contributed by atoms with Gasteiger partial charge in [0, 0.05) is 30.8 Å². The highest BCUT2D eigenvalue weighted by Crippen LogP contribution is 2.23. The smallest absolute Gasteiger partial charge is 0.251 e. The van der Waals surface area contributed by atoms with Gasteiger partial charge in [0.2, 0.25) is 10.0 Å². The lowest BCUT2D eigenvalue weighted by Gasteiger charge is -2.25. The molecule has 0 saturated heterocycles. The van der Waals surface area contributed by atoms with Crippen LogP contribution in [0, 0.1) is 5.82 Å². The first-order valence-corrected chi connectivity index (χ1v) is 16.8. The van der Waals surface area contributed by atoms with Crippen molar-refractivity contribution < 1.29 is 32.6 Å². The number of nitrogens with one attached hydrogen (secondary N) is 2. The maximum atomic E-state index is 13.8. The topological polar surface area (TPSA) is 167 Å². The summed E-state index contributed by atoms with van der Waals surface area (Å²) in [7, 11) is -2.46. The molecule has 0 saturated carbocycles. The second kappa shape index (κ2) is 15.3. The van der Waals surface area contributed by atoms with Crippen molar-refractivity contribution >= 4 is 27.5 Å². The summed E-state index contributed by atoms with van der Waals surface area (Å²) in [5, 5.41) is 34.7. The second-order valence-electron chi connectivity index (χ2n) is 11.6. The number of rotatable bonds is 14. The molecule has 2 amide bonds. The van der Waals surface area contributed by atoms with E-state index < -0.39 is 51.9 Å². The highest BCUT2D eigenvalue weighted by Gasteiger charge is 2.26. The monoisotopic (exact) mass is 666 g/mol. The summed E-state index contributed by atoms with van der Waals surface area (Å²) < 4.78 is 40.6. The maximum Gasteiger partial charge on any atom is 0.251 e. The molecule has 1 heterocycles. The molecule has 0 aliphatic rings. The fourth-order valence-electron chi connectivity index (χ4n) is 4.91. The summed E-state index contributed by atoms with van der Waals surface area (Å²) in [4.78, 5) is 27.2. The molecule has 0 aliphatic carbocycles. The largest absolute Gasteiger partial charge is 0.393 e. The lowest BCUT2D eigenvalue weighted by atomic mass is 10.00. The van der Waals surface area contributed by atoms with Crippen LogP contribution < -0.4 is 14.9 Å². The van der Waals surface area contributed by atoms with Gasteiger partial charge in [-0.3, -0.25) is 13.9 Å². The molecule has 1 aromatic heterocycles. The molecule has 0 spiro atoms. The van der Waals surface area contributed by atoms with E-state index in [0.29, 0.717) is 11.3 Å². The Balaban J connectivity index is 1.62. The van der Waals surface area contributed by atoms with Gasteiger partial charge >= 0.3 is 0 Å². The fraction of sp³-hybridized carbons (Fsp3) is 0.333. The Hall–Kier alpha value is -4.66. The minimum absolute atomic E-state index is 0.0113. The van der Waals surface area contributed by atoms with Crippen molar-refractivity contribution in [2.75, 3.05) is 17.6 Å². The standard InChI is InChI=1S/C33H39FN6O6S/c1-21(41)14-28-19-40(38-37-28)20-31(42)30(15-23-8-6-5-7-9-23)36-33(44)26-16-25(17-29(18-26)39(3)47(4,45)46)32(43)35-22(2)24-10-12-27(34)13-11-24/h5-13,16-19,21-22,30-31,41-42H,14-15,20H2,1-4H3,(H,35,43)(H,36,44)/t21?,22-,30+,31+/m1/s1. The molecule has 14 heteroatoms. The number of carbonyl (C=O) groups is 2. The van der Waals surface area contributed by atoms with Gasteiger partial charge < -0.3 is 20.8 Å². The van der Waals surface area contributed by atoms with Crippen LogP contribution in [0.1, 0.15) is 57.4 Å². The highest BCUT2D eigenvalue weighted by atomic mass is 32.2. The molecular formula is C33H39FN6O6S. The van der Waals surface area contributed by atoms with E-state index in [9.17, 15) is 32.6 Å². The molecule has 0 aliphatic heterocycles. The predicted molar refractivity (Wildman–Crippen MR) is 175 cm³/mol. The number of anilines is 1. The normalized spacial score (nSPS) is 14.1. The van der Waals surface area contributed by atoms with Crippen molar-refractivity contribution in [3.8, 4) is 0 Å². The van der Waals surface area contributed by atoms with Gasteiger partial charge in [-0.15, -0.1) is 5.10 Å². The third-order valence-corrected chi connectivity index (χ3v) is 8.77. The van der Waals surface area contributed by atoms with E-state index in [0.717, 1.165) is 16.1 Å². The number of aromatic nitrogens is 3. The lowest BCUT2D eigenvalue weighted by molar-refractivity contribution is 0.0778. The number of aliphatic hydroxyl groups excluding tert-OH is 2. The summed E-state index contributed by atoms with van der Waals surface area (Å²) in [5.74, 6) is -1.65. The van der Waals surface area contributed by atoms with Crippen LogP contribution in [0.3, 0.4) is 0 Å². The van der Waals surface area contributed by atoms with Gasteiger partial charge in [0.15, 0.2) is 0 Å². The third kappa shape index (κ3) is 9.91. The SMILES string of the molecule is CC(O)Cc1cn(C[C@H](O)[C@H](Cc2ccccc2)NC(=O)c2cc(C(=O)N[C@H](C)c3ccc(F)cc3)cc(N(C)S(C)(=O)=O)c2)nn1. The molecule has 0 fully saturated rings. The van der Waals surface area contributed by atoms with Crippen LogP contribution in [-0.2, 0) is 29.4 Å². The van der Waals surface area contributed by atoms with Crippen molar-refractivity contribution in [1.29, 1.82) is 0 Å². The number of sulfonamides is 1. The van der Waals surface area contributed by atoms with E-state index in [4.69, 9.17) is 0 Å². The van der Waals surface area contributed by atoms with Gasteiger partial charge in [-0.05, 0) is 61.7 Å². The first-order chi connectivity index (χ1) is 22.2. The third-order valence-electron chi connectivity index (χ3n) is 7.56. The Morgan fingerprint density at radius 3 is 2.15 bits per heavy atom. The van der Waals surface area contributed by atoms with Crippen molar-refractivity contribution in [1.82, 2.24) is 25.6 Å². The zero-order valence-corrected chi connectivity index (χ0v) is 27.4. The van der Waals surface area contributed by atoms with Gasteiger partial charge in [-0.1, -0.05) is 47.7 Å². The van der Waals surface area contributed by atoms with Gasteiger partial charge in [0.25, 0.3) is 11.8 Å². The van der Waals surface area contributed by atoms with Crippen molar-refractivity contribution in [2.24, 2.45) is 0 Å². The molecular weight excluding hydrogens is 627 g/mol. The summed E-state index contributed by atoms with van der Waals surface area (Å²) >= 11 is 0. The predicted octanol–water partition coefficient (Wildman–Crippen LogP) is 2.63. The van der Waals surface area contributed by atoms with E-state index in [1.165, 1.54) is 42.1 Å². The Kier molecular flexibility index (Phi) is 11.4. The van der Waals surface area contributed by atoms with Crippen LogP contribution in [0.5, 0.6) is 0 Å². The summed E-state index contributed by atoms with van der Waals surface area (Å²) in [5.41, 5.74) is 2.11.